The molecule has 1 aliphatic heterocycles. The van der Waals surface area contributed by atoms with E-state index in [-0.39, 0.29) is 24.1 Å². The number of halogens is 1. The topological polar surface area (TPSA) is 45.6 Å². The fourth-order valence-electron chi connectivity index (χ4n) is 3.28. The molecule has 1 fully saturated rings. The van der Waals surface area contributed by atoms with Crippen molar-refractivity contribution in [1.29, 1.82) is 0 Å². The van der Waals surface area contributed by atoms with Crippen molar-refractivity contribution in [2.75, 3.05) is 26.2 Å². The highest BCUT2D eigenvalue weighted by Gasteiger charge is 2.22. The standard InChI is InChI=1S/C20H24FN3O2/c1-22-10-7-16(15-22)13-19(25)23-8-4-9-24(12-11-23)20(26)14-17-5-2-3-6-18(17)21/h2-3,5-7,10,15H,4,8-9,11-14H2,1H3. The third-order valence-corrected chi connectivity index (χ3v) is 4.75. The van der Waals surface area contributed by atoms with Crippen LogP contribution in [-0.4, -0.2) is 52.4 Å². The van der Waals surface area contributed by atoms with Crippen molar-refractivity contribution in [3.8, 4) is 0 Å². The van der Waals surface area contributed by atoms with Crippen LogP contribution in [0, 0.1) is 5.82 Å². The summed E-state index contributed by atoms with van der Waals surface area (Å²) < 4.78 is 15.7. The molecular formula is C20H24FN3O2. The molecule has 2 aromatic rings. The quantitative estimate of drug-likeness (QED) is 0.840. The molecule has 1 aromatic carbocycles. The largest absolute Gasteiger partial charge is 0.357 e. The molecule has 0 unspecified atom stereocenters. The Morgan fingerprint density at radius 3 is 2.23 bits per heavy atom. The Morgan fingerprint density at radius 2 is 1.62 bits per heavy atom. The van der Waals surface area contributed by atoms with Crippen molar-refractivity contribution < 1.29 is 14.0 Å². The number of aromatic nitrogens is 1. The van der Waals surface area contributed by atoms with E-state index in [0.29, 0.717) is 38.2 Å². The van der Waals surface area contributed by atoms with Gasteiger partial charge in [0.25, 0.3) is 0 Å². The van der Waals surface area contributed by atoms with Crippen molar-refractivity contribution in [3.63, 3.8) is 0 Å². The summed E-state index contributed by atoms with van der Waals surface area (Å²) in [6, 6.07) is 8.30. The minimum absolute atomic E-state index is 0.0602. The third-order valence-electron chi connectivity index (χ3n) is 4.75. The third kappa shape index (κ3) is 4.50. The first-order valence-corrected chi connectivity index (χ1v) is 8.93. The first-order chi connectivity index (χ1) is 12.5. The number of benzene rings is 1. The average Bonchev–Trinajstić information content (AvgIpc) is 2.87. The van der Waals surface area contributed by atoms with Gasteiger partial charge in [-0.2, -0.15) is 0 Å². The van der Waals surface area contributed by atoms with Gasteiger partial charge in [-0.15, -0.1) is 0 Å². The lowest BCUT2D eigenvalue weighted by molar-refractivity contribution is -0.132. The lowest BCUT2D eigenvalue weighted by atomic mass is 10.1. The molecule has 138 valence electrons. The molecule has 0 radical (unpaired) electrons. The van der Waals surface area contributed by atoms with E-state index in [1.807, 2.05) is 35.0 Å². The Bertz CT molecular complexity index is 787. The van der Waals surface area contributed by atoms with Gasteiger partial charge in [-0.25, -0.2) is 4.39 Å². The SMILES string of the molecule is Cn1ccc(CC(=O)N2CCCN(C(=O)Cc3ccccc3F)CC2)c1. The molecule has 0 atom stereocenters. The van der Waals surface area contributed by atoms with Crippen LogP contribution in [0.1, 0.15) is 17.5 Å². The van der Waals surface area contributed by atoms with Gasteiger partial charge < -0.3 is 14.4 Å². The maximum atomic E-state index is 13.7. The summed E-state index contributed by atoms with van der Waals surface area (Å²) in [7, 11) is 1.93. The molecule has 6 heteroatoms. The monoisotopic (exact) mass is 357 g/mol. The van der Waals surface area contributed by atoms with Gasteiger partial charge in [0.1, 0.15) is 5.82 Å². The molecule has 5 nitrogen and oxygen atoms in total. The molecule has 0 saturated carbocycles. The van der Waals surface area contributed by atoms with Crippen LogP contribution in [0.4, 0.5) is 4.39 Å². The minimum atomic E-state index is -0.352. The number of carbonyl (C=O) groups excluding carboxylic acids is 2. The molecule has 0 spiro atoms. The van der Waals surface area contributed by atoms with Crippen LogP contribution in [0.3, 0.4) is 0 Å². The lowest BCUT2D eigenvalue weighted by Gasteiger charge is -2.22. The predicted octanol–water partition coefficient (Wildman–Crippen LogP) is 2.01. The Kier molecular flexibility index (Phi) is 5.71. The predicted molar refractivity (Wildman–Crippen MR) is 97.0 cm³/mol. The smallest absolute Gasteiger partial charge is 0.227 e. The van der Waals surface area contributed by atoms with Crippen LogP contribution >= 0.6 is 0 Å². The number of nitrogens with zero attached hydrogens (tertiary/aromatic N) is 3. The first kappa shape index (κ1) is 18.2. The molecule has 1 saturated heterocycles. The number of carbonyl (C=O) groups is 2. The van der Waals surface area contributed by atoms with E-state index >= 15 is 0 Å². The first-order valence-electron chi connectivity index (χ1n) is 8.93. The van der Waals surface area contributed by atoms with Crippen LogP contribution < -0.4 is 0 Å². The molecule has 1 aliphatic rings. The molecule has 1 aromatic heterocycles. The summed E-state index contributed by atoms with van der Waals surface area (Å²) in [6.45, 7) is 2.26. The fraction of sp³-hybridized carbons (Fsp3) is 0.400. The fourth-order valence-corrected chi connectivity index (χ4v) is 3.28. The average molecular weight is 357 g/mol. The zero-order valence-corrected chi connectivity index (χ0v) is 15.0. The highest BCUT2D eigenvalue weighted by atomic mass is 19.1. The normalized spacial score (nSPS) is 15.0. The van der Waals surface area contributed by atoms with Gasteiger partial charge in [0.2, 0.25) is 11.8 Å². The molecular weight excluding hydrogens is 333 g/mol. The van der Waals surface area contributed by atoms with Gasteiger partial charge in [-0.05, 0) is 29.7 Å². The number of aryl methyl sites for hydroxylation is 1. The zero-order valence-electron chi connectivity index (χ0n) is 15.0. The Morgan fingerprint density at radius 1 is 0.962 bits per heavy atom. The summed E-state index contributed by atoms with van der Waals surface area (Å²) in [6.07, 6.45) is 5.05. The summed E-state index contributed by atoms with van der Waals surface area (Å²) >= 11 is 0. The van der Waals surface area contributed by atoms with Crippen molar-refractivity contribution in [2.24, 2.45) is 7.05 Å². The van der Waals surface area contributed by atoms with E-state index in [9.17, 15) is 14.0 Å². The number of hydrogen-bond donors (Lipinski definition) is 0. The van der Waals surface area contributed by atoms with E-state index in [2.05, 4.69) is 0 Å². The number of hydrogen-bond acceptors (Lipinski definition) is 2. The van der Waals surface area contributed by atoms with Crippen LogP contribution in [0.25, 0.3) is 0 Å². The van der Waals surface area contributed by atoms with E-state index in [1.165, 1.54) is 6.07 Å². The second-order valence-corrected chi connectivity index (χ2v) is 6.75. The molecule has 2 amide bonds. The lowest BCUT2D eigenvalue weighted by Crippen LogP contribution is -2.38. The second-order valence-electron chi connectivity index (χ2n) is 6.75. The molecule has 0 bridgehead atoms. The molecule has 0 aliphatic carbocycles. The van der Waals surface area contributed by atoms with Gasteiger partial charge in [0, 0.05) is 45.6 Å². The second kappa shape index (κ2) is 8.17. The van der Waals surface area contributed by atoms with Crippen LogP contribution in [0.5, 0.6) is 0 Å². The Balaban J connectivity index is 1.55. The van der Waals surface area contributed by atoms with Crippen LogP contribution in [0.2, 0.25) is 0 Å². The van der Waals surface area contributed by atoms with Gasteiger partial charge in [-0.3, -0.25) is 9.59 Å². The Hall–Kier alpha value is -2.63. The van der Waals surface area contributed by atoms with Gasteiger partial charge >= 0.3 is 0 Å². The van der Waals surface area contributed by atoms with Crippen LogP contribution in [0.15, 0.2) is 42.7 Å². The number of rotatable bonds is 4. The minimum Gasteiger partial charge on any atom is -0.357 e. The maximum Gasteiger partial charge on any atom is 0.227 e. The van der Waals surface area contributed by atoms with Gasteiger partial charge in [0.05, 0.1) is 12.8 Å². The van der Waals surface area contributed by atoms with Crippen molar-refractivity contribution in [3.05, 3.63) is 59.7 Å². The van der Waals surface area contributed by atoms with Crippen molar-refractivity contribution >= 4 is 11.8 Å². The molecule has 3 rings (SSSR count). The molecule has 0 N–H and O–H groups in total. The Labute approximate surface area is 153 Å². The highest BCUT2D eigenvalue weighted by molar-refractivity contribution is 5.80. The molecule has 26 heavy (non-hydrogen) atoms. The summed E-state index contributed by atoms with van der Waals surface area (Å²) in [5.74, 6) is -0.359. The maximum absolute atomic E-state index is 13.7. The highest BCUT2D eigenvalue weighted by Crippen LogP contribution is 2.12. The van der Waals surface area contributed by atoms with Gasteiger partial charge in [-0.1, -0.05) is 18.2 Å². The van der Waals surface area contributed by atoms with E-state index < -0.39 is 0 Å². The summed E-state index contributed by atoms with van der Waals surface area (Å²) in [5, 5.41) is 0. The zero-order chi connectivity index (χ0) is 18.5. The van der Waals surface area contributed by atoms with Crippen molar-refractivity contribution in [2.45, 2.75) is 19.3 Å². The molecule has 2 heterocycles. The van der Waals surface area contributed by atoms with E-state index in [4.69, 9.17) is 0 Å². The number of amides is 2. The summed E-state index contributed by atoms with van der Waals surface area (Å²) in [4.78, 5) is 28.6. The van der Waals surface area contributed by atoms with Crippen molar-refractivity contribution in [1.82, 2.24) is 14.4 Å². The summed E-state index contributed by atoms with van der Waals surface area (Å²) in [5.41, 5.74) is 1.41. The van der Waals surface area contributed by atoms with Gasteiger partial charge in [0.15, 0.2) is 0 Å². The van der Waals surface area contributed by atoms with Crippen LogP contribution in [-0.2, 0) is 29.5 Å². The van der Waals surface area contributed by atoms with E-state index in [1.54, 1.807) is 23.1 Å². The van der Waals surface area contributed by atoms with E-state index in [0.717, 1.165) is 12.0 Å².